The van der Waals surface area contributed by atoms with E-state index in [9.17, 15) is 18.5 Å². The number of hydrogen-bond acceptors (Lipinski definition) is 6. The normalized spacial score (nSPS) is 18.3. The van der Waals surface area contributed by atoms with Crippen LogP contribution in [0, 0.1) is 10.1 Å². The monoisotopic (exact) mass is 343 g/mol. The topological polar surface area (TPSA) is 102 Å². The Bertz CT molecular complexity index is 671. The smallest absolute Gasteiger partial charge is 0.271 e. The first-order chi connectivity index (χ1) is 10.9. The lowest BCUT2D eigenvalue weighted by atomic mass is 10.2. The predicted molar refractivity (Wildman–Crippen MR) is 85.1 cm³/mol. The van der Waals surface area contributed by atoms with Gasteiger partial charge in [-0.2, -0.15) is 4.31 Å². The van der Waals surface area contributed by atoms with Gasteiger partial charge in [-0.15, -0.1) is 0 Å². The molecule has 0 aliphatic carbocycles. The summed E-state index contributed by atoms with van der Waals surface area (Å²) in [5, 5.41) is 14.1. The minimum absolute atomic E-state index is 0.114. The number of nitro benzene ring substituents is 1. The minimum Gasteiger partial charge on any atom is -0.495 e. The largest absolute Gasteiger partial charge is 0.495 e. The van der Waals surface area contributed by atoms with Crippen molar-refractivity contribution in [2.75, 3.05) is 26.7 Å². The molecule has 1 atom stereocenters. The van der Waals surface area contributed by atoms with E-state index >= 15 is 0 Å². The molecule has 0 radical (unpaired) electrons. The SMILES string of the molecule is CCCN(C1CCNC1)S(=O)(=O)c1cc([N+](=O)[O-])ccc1OC. The van der Waals surface area contributed by atoms with Crippen molar-refractivity contribution in [1.29, 1.82) is 0 Å². The highest BCUT2D eigenvalue weighted by molar-refractivity contribution is 7.89. The zero-order valence-electron chi connectivity index (χ0n) is 13.2. The maximum Gasteiger partial charge on any atom is 0.271 e. The fourth-order valence-electron chi connectivity index (χ4n) is 2.71. The average molecular weight is 343 g/mol. The second kappa shape index (κ2) is 7.24. The van der Waals surface area contributed by atoms with Crippen LogP contribution < -0.4 is 10.1 Å². The van der Waals surface area contributed by atoms with E-state index < -0.39 is 14.9 Å². The van der Waals surface area contributed by atoms with Gasteiger partial charge in [0.05, 0.1) is 12.0 Å². The van der Waals surface area contributed by atoms with Gasteiger partial charge < -0.3 is 10.1 Å². The molecular weight excluding hydrogens is 322 g/mol. The first-order valence-electron chi connectivity index (χ1n) is 7.46. The van der Waals surface area contributed by atoms with E-state index in [0.717, 1.165) is 19.0 Å². The van der Waals surface area contributed by atoms with Crippen LogP contribution in [-0.4, -0.2) is 50.4 Å². The van der Waals surface area contributed by atoms with E-state index in [4.69, 9.17) is 4.74 Å². The van der Waals surface area contributed by atoms with E-state index in [1.165, 1.54) is 23.5 Å². The summed E-state index contributed by atoms with van der Waals surface area (Å²) in [5.41, 5.74) is -0.273. The molecule has 8 nitrogen and oxygen atoms in total. The number of hydrogen-bond donors (Lipinski definition) is 1. The van der Waals surface area contributed by atoms with Crippen molar-refractivity contribution in [1.82, 2.24) is 9.62 Å². The summed E-state index contributed by atoms with van der Waals surface area (Å²) in [7, 11) is -2.53. The van der Waals surface area contributed by atoms with Crippen LogP contribution in [-0.2, 0) is 10.0 Å². The second-order valence-corrected chi connectivity index (χ2v) is 7.21. The fourth-order valence-corrected chi connectivity index (χ4v) is 4.63. The quantitative estimate of drug-likeness (QED) is 0.592. The molecule has 128 valence electrons. The lowest BCUT2D eigenvalue weighted by molar-refractivity contribution is -0.385. The fraction of sp³-hybridized carbons (Fsp3) is 0.571. The Kier molecular flexibility index (Phi) is 5.55. The Labute approximate surface area is 135 Å². The molecule has 1 heterocycles. The number of sulfonamides is 1. The third-order valence-electron chi connectivity index (χ3n) is 3.83. The Morgan fingerprint density at radius 1 is 1.48 bits per heavy atom. The van der Waals surface area contributed by atoms with Crippen LogP contribution in [0.5, 0.6) is 5.75 Å². The van der Waals surface area contributed by atoms with Crippen LogP contribution in [0.25, 0.3) is 0 Å². The first-order valence-corrected chi connectivity index (χ1v) is 8.90. The molecule has 0 amide bonds. The molecule has 1 fully saturated rings. The molecule has 23 heavy (non-hydrogen) atoms. The Balaban J connectivity index is 2.50. The Morgan fingerprint density at radius 3 is 2.74 bits per heavy atom. The number of rotatable bonds is 7. The number of nitro groups is 1. The molecule has 9 heteroatoms. The number of methoxy groups -OCH3 is 1. The zero-order valence-corrected chi connectivity index (χ0v) is 14.0. The first kappa shape index (κ1) is 17.6. The van der Waals surface area contributed by atoms with Crippen molar-refractivity contribution in [3.8, 4) is 5.75 Å². The van der Waals surface area contributed by atoms with Crippen LogP contribution in [0.1, 0.15) is 19.8 Å². The predicted octanol–water partition coefficient (Wildman–Crippen LogP) is 1.37. The van der Waals surface area contributed by atoms with Gasteiger partial charge in [0.15, 0.2) is 0 Å². The van der Waals surface area contributed by atoms with Crippen LogP contribution in [0.15, 0.2) is 23.1 Å². The molecule has 2 rings (SSSR count). The molecule has 1 N–H and O–H groups in total. The molecule has 1 unspecified atom stereocenters. The molecule has 1 aliphatic heterocycles. The zero-order chi connectivity index (χ0) is 17.0. The number of nitrogens with zero attached hydrogens (tertiary/aromatic N) is 2. The van der Waals surface area contributed by atoms with Crippen molar-refractivity contribution in [3.63, 3.8) is 0 Å². The summed E-state index contributed by atoms with van der Waals surface area (Å²) in [6, 6.07) is 3.48. The van der Waals surface area contributed by atoms with E-state index in [2.05, 4.69) is 5.32 Å². The molecule has 0 bridgehead atoms. The summed E-state index contributed by atoms with van der Waals surface area (Å²) >= 11 is 0. The summed E-state index contributed by atoms with van der Waals surface area (Å²) in [5.74, 6) is 0.114. The van der Waals surface area contributed by atoms with E-state index in [1.807, 2.05) is 6.92 Å². The van der Waals surface area contributed by atoms with Gasteiger partial charge in [0.2, 0.25) is 10.0 Å². The second-order valence-electron chi connectivity index (χ2n) is 5.35. The van der Waals surface area contributed by atoms with Gasteiger partial charge in [-0.05, 0) is 25.5 Å². The van der Waals surface area contributed by atoms with Crippen LogP contribution in [0.4, 0.5) is 5.69 Å². The van der Waals surface area contributed by atoms with E-state index in [-0.39, 0.29) is 22.4 Å². The number of nitrogens with one attached hydrogen (secondary N) is 1. The van der Waals surface area contributed by atoms with Crippen LogP contribution >= 0.6 is 0 Å². The van der Waals surface area contributed by atoms with Crippen LogP contribution in [0.2, 0.25) is 0 Å². The van der Waals surface area contributed by atoms with Gasteiger partial charge in [0.1, 0.15) is 10.6 Å². The lowest BCUT2D eigenvalue weighted by Gasteiger charge is -2.27. The van der Waals surface area contributed by atoms with Crippen molar-refractivity contribution in [3.05, 3.63) is 28.3 Å². The van der Waals surface area contributed by atoms with Crippen molar-refractivity contribution >= 4 is 15.7 Å². The highest BCUT2D eigenvalue weighted by Crippen LogP contribution is 2.32. The van der Waals surface area contributed by atoms with Gasteiger partial charge in [-0.3, -0.25) is 10.1 Å². The standard InChI is InChI=1S/C14H21N3O5S/c1-3-8-16(12-6-7-15-10-12)23(20,21)14-9-11(17(18)19)4-5-13(14)22-2/h4-5,9,12,15H,3,6-8,10H2,1-2H3. The molecule has 1 saturated heterocycles. The number of benzene rings is 1. The Morgan fingerprint density at radius 2 is 2.22 bits per heavy atom. The van der Waals surface area contributed by atoms with Crippen LogP contribution in [0.3, 0.4) is 0 Å². The van der Waals surface area contributed by atoms with Gasteiger partial charge in [-0.25, -0.2) is 8.42 Å². The van der Waals surface area contributed by atoms with E-state index in [1.54, 1.807) is 0 Å². The maximum absolute atomic E-state index is 13.1. The number of non-ortho nitro benzene ring substituents is 1. The summed E-state index contributed by atoms with van der Waals surface area (Å²) in [4.78, 5) is 10.2. The molecule has 1 aliphatic rings. The molecule has 1 aromatic carbocycles. The maximum atomic E-state index is 13.1. The molecular formula is C14H21N3O5S. The highest BCUT2D eigenvalue weighted by Gasteiger charge is 2.35. The molecule has 0 saturated carbocycles. The van der Waals surface area contributed by atoms with Gasteiger partial charge in [0.25, 0.3) is 5.69 Å². The van der Waals surface area contributed by atoms with Crippen molar-refractivity contribution in [2.24, 2.45) is 0 Å². The van der Waals surface area contributed by atoms with Gasteiger partial charge in [0, 0.05) is 31.3 Å². The minimum atomic E-state index is -3.88. The Hall–Kier alpha value is -1.71. The lowest BCUT2D eigenvalue weighted by Crippen LogP contribution is -2.42. The summed E-state index contributed by atoms with van der Waals surface area (Å²) in [6.07, 6.45) is 1.38. The average Bonchev–Trinajstić information content (AvgIpc) is 3.05. The third kappa shape index (κ3) is 3.62. The summed E-state index contributed by atoms with van der Waals surface area (Å²) in [6.45, 7) is 3.60. The van der Waals surface area contributed by atoms with Gasteiger partial charge in [-0.1, -0.05) is 6.92 Å². The molecule has 0 spiro atoms. The van der Waals surface area contributed by atoms with Gasteiger partial charge >= 0.3 is 0 Å². The van der Waals surface area contributed by atoms with E-state index in [0.29, 0.717) is 19.5 Å². The number of ether oxygens (including phenoxy) is 1. The highest BCUT2D eigenvalue weighted by atomic mass is 32.2. The summed E-state index contributed by atoms with van der Waals surface area (Å²) < 4.78 is 32.7. The van der Waals surface area contributed by atoms with Crippen molar-refractivity contribution in [2.45, 2.75) is 30.7 Å². The third-order valence-corrected chi connectivity index (χ3v) is 5.80. The molecule has 1 aromatic rings. The van der Waals surface area contributed by atoms with Crippen molar-refractivity contribution < 1.29 is 18.1 Å². The molecule has 0 aromatic heterocycles.